The van der Waals surface area contributed by atoms with E-state index >= 15 is 0 Å². The Bertz CT molecular complexity index is 839. The molecule has 1 saturated carbocycles. The van der Waals surface area contributed by atoms with Crippen LogP contribution in [0.15, 0.2) is 41.8 Å². The van der Waals surface area contributed by atoms with Crippen molar-refractivity contribution in [1.29, 1.82) is 0 Å². The van der Waals surface area contributed by atoms with Crippen molar-refractivity contribution in [3.63, 3.8) is 0 Å². The van der Waals surface area contributed by atoms with Crippen LogP contribution in [0, 0.1) is 11.8 Å². The van der Waals surface area contributed by atoms with Gasteiger partial charge >= 0.3 is 0 Å². The number of rotatable bonds is 7. The third kappa shape index (κ3) is 4.62. The van der Waals surface area contributed by atoms with Gasteiger partial charge in [0.1, 0.15) is 0 Å². The van der Waals surface area contributed by atoms with Crippen LogP contribution < -0.4 is 10.2 Å². The van der Waals surface area contributed by atoms with Crippen LogP contribution in [0.5, 0.6) is 0 Å². The number of nitrogens with one attached hydrogen (secondary N) is 1. The van der Waals surface area contributed by atoms with Crippen LogP contribution in [0.1, 0.15) is 25.7 Å². The zero-order valence-electron chi connectivity index (χ0n) is 16.1. The van der Waals surface area contributed by atoms with E-state index in [9.17, 15) is 18.0 Å². The molecule has 152 valence electrons. The molecule has 0 spiro atoms. The van der Waals surface area contributed by atoms with Crippen LogP contribution in [0.2, 0.25) is 0 Å². The lowest BCUT2D eigenvalue weighted by Gasteiger charge is -2.31. The maximum atomic E-state index is 12.9. The van der Waals surface area contributed by atoms with Gasteiger partial charge < -0.3 is 10.2 Å². The van der Waals surface area contributed by atoms with E-state index in [1.165, 1.54) is 10.4 Å². The summed E-state index contributed by atoms with van der Waals surface area (Å²) in [5.41, 5.74) is 0.701. The first kappa shape index (κ1) is 20.5. The minimum absolute atomic E-state index is 0.0845. The minimum Gasteiger partial charge on any atom is -0.352 e. The normalized spacial score (nSPS) is 18.5. The molecule has 7 nitrogen and oxygen atoms in total. The van der Waals surface area contributed by atoms with Crippen molar-refractivity contribution in [1.82, 2.24) is 9.62 Å². The molecule has 0 aromatic heterocycles. The van der Waals surface area contributed by atoms with Gasteiger partial charge in [0.05, 0.1) is 4.90 Å². The van der Waals surface area contributed by atoms with Crippen molar-refractivity contribution >= 4 is 27.5 Å². The van der Waals surface area contributed by atoms with Gasteiger partial charge in [-0.2, -0.15) is 4.31 Å². The number of anilines is 1. The van der Waals surface area contributed by atoms with E-state index < -0.39 is 10.0 Å². The van der Waals surface area contributed by atoms with Gasteiger partial charge in [-0.05, 0) is 61.9 Å². The Morgan fingerprint density at radius 3 is 2.32 bits per heavy atom. The van der Waals surface area contributed by atoms with Crippen LogP contribution in [0.4, 0.5) is 5.69 Å². The van der Waals surface area contributed by atoms with E-state index in [1.54, 1.807) is 36.2 Å². The van der Waals surface area contributed by atoms with Gasteiger partial charge in [0, 0.05) is 38.3 Å². The van der Waals surface area contributed by atoms with Crippen LogP contribution in [-0.2, 0) is 19.6 Å². The Morgan fingerprint density at radius 2 is 1.79 bits per heavy atom. The molecule has 8 heteroatoms. The first-order valence-electron chi connectivity index (χ1n) is 9.61. The van der Waals surface area contributed by atoms with Gasteiger partial charge in [0.2, 0.25) is 21.8 Å². The minimum atomic E-state index is -3.56. The zero-order chi connectivity index (χ0) is 20.3. The first-order chi connectivity index (χ1) is 13.3. The number of sulfonamides is 1. The van der Waals surface area contributed by atoms with Crippen LogP contribution in [-0.4, -0.2) is 51.2 Å². The maximum absolute atomic E-state index is 12.9. The third-order valence-electron chi connectivity index (χ3n) is 5.44. The molecule has 0 radical (unpaired) electrons. The largest absolute Gasteiger partial charge is 0.352 e. The second-order valence-corrected chi connectivity index (χ2v) is 9.40. The summed E-state index contributed by atoms with van der Waals surface area (Å²) in [5.74, 6) is 0.257. The fourth-order valence-electron chi connectivity index (χ4n) is 3.39. The van der Waals surface area contributed by atoms with Gasteiger partial charge in [-0.15, -0.1) is 0 Å². The van der Waals surface area contributed by atoms with Crippen LogP contribution in [0.25, 0.3) is 0 Å². The van der Waals surface area contributed by atoms with Gasteiger partial charge in [-0.25, -0.2) is 8.42 Å². The highest BCUT2D eigenvalue weighted by Crippen LogP contribution is 2.32. The van der Waals surface area contributed by atoms with E-state index in [0.717, 1.165) is 12.8 Å². The molecule has 3 rings (SSSR count). The lowest BCUT2D eigenvalue weighted by Crippen LogP contribution is -2.41. The lowest BCUT2D eigenvalue weighted by atomic mass is 9.98. The molecule has 0 unspecified atom stereocenters. The fourth-order valence-corrected chi connectivity index (χ4v) is 4.86. The highest BCUT2D eigenvalue weighted by atomic mass is 32.2. The molecule has 2 aliphatic rings. The fraction of sp³-hybridized carbons (Fsp3) is 0.500. The molecule has 2 fully saturated rings. The molecule has 0 bridgehead atoms. The van der Waals surface area contributed by atoms with Crippen molar-refractivity contribution in [2.45, 2.75) is 30.6 Å². The molecular weight excluding hydrogens is 378 g/mol. The van der Waals surface area contributed by atoms with E-state index in [-0.39, 0.29) is 28.5 Å². The van der Waals surface area contributed by atoms with Crippen LogP contribution in [0.3, 0.4) is 0 Å². The molecule has 2 amide bonds. The summed E-state index contributed by atoms with van der Waals surface area (Å²) in [7, 11) is -1.84. The van der Waals surface area contributed by atoms with Crippen molar-refractivity contribution in [3.05, 3.63) is 36.9 Å². The lowest BCUT2D eigenvalue weighted by molar-refractivity contribution is -0.119. The standard InChI is InChI=1S/C20H27N3O4S/c1-3-19(24)21-14-15-10-12-23(13-11-15)28(26,27)18-8-6-17(7-9-18)22(2)20(25)16-4-5-16/h3,6-9,15-16H,1,4-5,10-14H2,2H3,(H,21,24). The number of nitrogens with zero attached hydrogens (tertiary/aromatic N) is 2. The van der Waals surface area contributed by atoms with Crippen molar-refractivity contribution in [3.8, 4) is 0 Å². The Labute approximate surface area is 166 Å². The topological polar surface area (TPSA) is 86.8 Å². The number of carbonyl (C=O) groups excluding carboxylic acids is 2. The summed E-state index contributed by atoms with van der Waals surface area (Å²) in [6.07, 6.45) is 4.51. The highest BCUT2D eigenvalue weighted by Gasteiger charge is 2.33. The predicted molar refractivity (Wildman–Crippen MR) is 107 cm³/mol. The number of carbonyl (C=O) groups is 2. The van der Waals surface area contributed by atoms with E-state index in [0.29, 0.717) is 38.2 Å². The van der Waals surface area contributed by atoms with Crippen molar-refractivity contribution in [2.75, 3.05) is 31.6 Å². The van der Waals surface area contributed by atoms with Gasteiger partial charge in [-0.3, -0.25) is 9.59 Å². The molecule has 1 aliphatic carbocycles. The van der Waals surface area contributed by atoms with Crippen molar-refractivity contribution < 1.29 is 18.0 Å². The molecule has 1 saturated heterocycles. The number of piperidine rings is 1. The number of hydrogen-bond acceptors (Lipinski definition) is 4. The number of benzene rings is 1. The number of hydrogen-bond donors (Lipinski definition) is 1. The molecule has 1 heterocycles. The zero-order valence-corrected chi connectivity index (χ0v) is 17.0. The quantitative estimate of drug-likeness (QED) is 0.701. The van der Waals surface area contributed by atoms with E-state index in [4.69, 9.17) is 0 Å². The highest BCUT2D eigenvalue weighted by molar-refractivity contribution is 7.89. The Balaban J connectivity index is 1.59. The number of amides is 2. The summed E-state index contributed by atoms with van der Waals surface area (Å²) in [5, 5.41) is 2.77. The summed E-state index contributed by atoms with van der Waals surface area (Å²) < 4.78 is 27.3. The molecule has 1 aromatic carbocycles. The summed E-state index contributed by atoms with van der Waals surface area (Å²) in [6.45, 7) is 4.81. The van der Waals surface area contributed by atoms with Gasteiger partial charge in [0.25, 0.3) is 0 Å². The van der Waals surface area contributed by atoms with Gasteiger partial charge in [-0.1, -0.05) is 6.58 Å². The summed E-state index contributed by atoms with van der Waals surface area (Å²) in [4.78, 5) is 25.2. The monoisotopic (exact) mass is 405 g/mol. The molecule has 1 aromatic rings. The molecule has 1 N–H and O–H groups in total. The maximum Gasteiger partial charge on any atom is 0.243 e. The van der Waals surface area contributed by atoms with E-state index in [2.05, 4.69) is 11.9 Å². The summed E-state index contributed by atoms with van der Waals surface area (Å²) in [6, 6.07) is 6.50. The Morgan fingerprint density at radius 1 is 1.18 bits per heavy atom. The second kappa shape index (κ2) is 8.45. The third-order valence-corrected chi connectivity index (χ3v) is 7.36. The molecule has 1 aliphatic heterocycles. The van der Waals surface area contributed by atoms with Crippen LogP contribution >= 0.6 is 0 Å². The Kier molecular flexibility index (Phi) is 6.20. The second-order valence-electron chi connectivity index (χ2n) is 7.46. The first-order valence-corrected chi connectivity index (χ1v) is 11.0. The average molecular weight is 406 g/mol. The van der Waals surface area contributed by atoms with E-state index in [1.807, 2.05) is 0 Å². The summed E-state index contributed by atoms with van der Waals surface area (Å²) >= 11 is 0. The predicted octanol–water partition coefficient (Wildman–Crippen LogP) is 1.76. The molecular formula is C20H27N3O4S. The molecule has 0 atom stereocenters. The van der Waals surface area contributed by atoms with Crippen molar-refractivity contribution in [2.24, 2.45) is 11.8 Å². The smallest absolute Gasteiger partial charge is 0.243 e. The SMILES string of the molecule is C=CC(=O)NCC1CCN(S(=O)(=O)c2ccc(N(C)C(=O)C3CC3)cc2)CC1. The average Bonchev–Trinajstić information content (AvgIpc) is 3.56. The van der Waals surface area contributed by atoms with Gasteiger partial charge in [0.15, 0.2) is 0 Å². The molecule has 28 heavy (non-hydrogen) atoms. The Hall–Kier alpha value is -2.19.